The maximum atomic E-state index is 11.8. The third-order valence-corrected chi connectivity index (χ3v) is 6.22. The number of sulfone groups is 1. The zero-order valence-electron chi connectivity index (χ0n) is 11.8. The van der Waals surface area contributed by atoms with Crippen molar-refractivity contribution in [1.82, 2.24) is 10.2 Å². The third kappa shape index (κ3) is 4.72. The van der Waals surface area contributed by atoms with Gasteiger partial charge in [0.2, 0.25) is 0 Å². The highest BCUT2D eigenvalue weighted by atomic mass is 32.2. The zero-order chi connectivity index (χ0) is 13.8. The van der Waals surface area contributed by atoms with Crippen molar-refractivity contribution in [3.8, 4) is 0 Å². The molecule has 1 rings (SSSR count). The van der Waals surface area contributed by atoms with E-state index in [2.05, 4.69) is 31.0 Å². The van der Waals surface area contributed by atoms with Crippen molar-refractivity contribution in [3.05, 3.63) is 0 Å². The molecule has 1 fully saturated rings. The van der Waals surface area contributed by atoms with E-state index in [0.717, 1.165) is 25.3 Å². The van der Waals surface area contributed by atoms with Gasteiger partial charge in [-0.15, -0.1) is 0 Å². The highest BCUT2D eigenvalue weighted by Gasteiger charge is 2.33. The first-order valence-electron chi connectivity index (χ1n) is 6.62. The summed E-state index contributed by atoms with van der Waals surface area (Å²) in [7, 11) is -2.99. The SMILES string of the molecule is CCC(C)NCC(C)N1CCSCC1S(C)(=O)=O. The topological polar surface area (TPSA) is 49.4 Å². The number of hydrogen-bond acceptors (Lipinski definition) is 5. The summed E-state index contributed by atoms with van der Waals surface area (Å²) in [6, 6.07) is 0.753. The fraction of sp³-hybridized carbons (Fsp3) is 1.00. The van der Waals surface area contributed by atoms with Gasteiger partial charge in [0, 0.05) is 42.9 Å². The lowest BCUT2D eigenvalue weighted by Gasteiger charge is -2.38. The number of thioether (sulfide) groups is 1. The monoisotopic (exact) mass is 294 g/mol. The quantitative estimate of drug-likeness (QED) is 0.797. The molecule has 0 aromatic carbocycles. The normalized spacial score (nSPS) is 25.9. The molecule has 4 nitrogen and oxygen atoms in total. The molecule has 108 valence electrons. The fourth-order valence-electron chi connectivity index (χ4n) is 2.10. The van der Waals surface area contributed by atoms with Gasteiger partial charge in [-0.25, -0.2) is 8.42 Å². The minimum atomic E-state index is -2.99. The van der Waals surface area contributed by atoms with Gasteiger partial charge in [-0.3, -0.25) is 4.90 Å². The molecule has 0 aromatic rings. The maximum Gasteiger partial charge on any atom is 0.164 e. The molecule has 0 aromatic heterocycles. The minimum Gasteiger partial charge on any atom is -0.313 e. The molecule has 3 unspecified atom stereocenters. The molecule has 1 aliphatic rings. The number of hydrogen-bond donors (Lipinski definition) is 1. The first-order valence-corrected chi connectivity index (χ1v) is 9.73. The van der Waals surface area contributed by atoms with Crippen molar-refractivity contribution in [2.45, 2.75) is 44.6 Å². The summed E-state index contributed by atoms with van der Waals surface area (Å²) >= 11 is 1.74. The van der Waals surface area contributed by atoms with Gasteiger partial charge in [0.25, 0.3) is 0 Å². The van der Waals surface area contributed by atoms with Crippen molar-refractivity contribution in [2.75, 3.05) is 30.9 Å². The number of rotatable bonds is 6. The first-order chi connectivity index (χ1) is 8.36. The van der Waals surface area contributed by atoms with Gasteiger partial charge < -0.3 is 5.32 Å². The van der Waals surface area contributed by atoms with Crippen LogP contribution in [0.2, 0.25) is 0 Å². The summed E-state index contributed by atoms with van der Waals surface area (Å²) in [5.41, 5.74) is 0. The largest absolute Gasteiger partial charge is 0.313 e. The van der Waals surface area contributed by atoms with Crippen LogP contribution in [0.15, 0.2) is 0 Å². The van der Waals surface area contributed by atoms with Gasteiger partial charge in [0.1, 0.15) is 5.37 Å². The molecule has 1 heterocycles. The van der Waals surface area contributed by atoms with Crippen LogP contribution in [0, 0.1) is 0 Å². The van der Waals surface area contributed by atoms with Crippen molar-refractivity contribution in [3.63, 3.8) is 0 Å². The molecule has 0 aliphatic carbocycles. The van der Waals surface area contributed by atoms with Crippen LogP contribution in [0.3, 0.4) is 0 Å². The number of nitrogens with zero attached hydrogens (tertiary/aromatic N) is 1. The van der Waals surface area contributed by atoms with E-state index >= 15 is 0 Å². The molecule has 0 spiro atoms. The highest BCUT2D eigenvalue weighted by molar-refractivity contribution is 8.00. The Morgan fingerprint density at radius 3 is 2.67 bits per heavy atom. The van der Waals surface area contributed by atoms with Crippen LogP contribution >= 0.6 is 11.8 Å². The van der Waals surface area contributed by atoms with E-state index in [1.807, 2.05) is 0 Å². The summed E-state index contributed by atoms with van der Waals surface area (Å²) in [4.78, 5) is 2.14. The van der Waals surface area contributed by atoms with Crippen LogP contribution in [0.5, 0.6) is 0 Å². The van der Waals surface area contributed by atoms with Crippen LogP contribution in [0.1, 0.15) is 27.2 Å². The third-order valence-electron chi connectivity index (χ3n) is 3.56. The lowest BCUT2D eigenvalue weighted by molar-refractivity contribution is 0.197. The Kier molecular flexibility index (Phi) is 6.44. The van der Waals surface area contributed by atoms with Crippen LogP contribution in [0.25, 0.3) is 0 Å². The highest BCUT2D eigenvalue weighted by Crippen LogP contribution is 2.22. The van der Waals surface area contributed by atoms with Crippen LogP contribution in [-0.2, 0) is 9.84 Å². The van der Waals surface area contributed by atoms with Gasteiger partial charge in [-0.1, -0.05) is 6.92 Å². The van der Waals surface area contributed by atoms with E-state index in [1.165, 1.54) is 6.26 Å². The molecule has 3 atom stereocenters. The van der Waals surface area contributed by atoms with Crippen molar-refractivity contribution in [2.24, 2.45) is 0 Å². The summed E-state index contributed by atoms with van der Waals surface area (Å²) in [6.07, 6.45) is 2.45. The predicted octanol–water partition coefficient (Wildman–Crippen LogP) is 1.18. The average Bonchev–Trinajstić information content (AvgIpc) is 2.34. The smallest absolute Gasteiger partial charge is 0.164 e. The van der Waals surface area contributed by atoms with E-state index in [0.29, 0.717) is 11.8 Å². The van der Waals surface area contributed by atoms with Gasteiger partial charge >= 0.3 is 0 Å². The predicted molar refractivity (Wildman–Crippen MR) is 79.9 cm³/mol. The lowest BCUT2D eigenvalue weighted by atomic mass is 10.2. The second-order valence-corrected chi connectivity index (χ2v) is 8.52. The molecule has 1 aliphatic heterocycles. The second-order valence-electron chi connectivity index (χ2n) is 5.16. The Morgan fingerprint density at radius 1 is 1.44 bits per heavy atom. The molecule has 6 heteroatoms. The summed E-state index contributed by atoms with van der Waals surface area (Å²) < 4.78 is 23.6. The average molecular weight is 294 g/mol. The lowest BCUT2D eigenvalue weighted by Crippen LogP contribution is -2.54. The molecule has 0 radical (unpaired) electrons. The van der Waals surface area contributed by atoms with Gasteiger partial charge in [-0.2, -0.15) is 11.8 Å². The molecular formula is C12H26N2O2S2. The molecule has 0 saturated carbocycles. The molecule has 0 bridgehead atoms. The molecule has 18 heavy (non-hydrogen) atoms. The Labute approximate surface area is 116 Å². The van der Waals surface area contributed by atoms with E-state index in [-0.39, 0.29) is 11.4 Å². The first kappa shape index (κ1) is 16.3. The standard InChI is InChI=1S/C12H26N2O2S2/c1-5-10(2)13-8-11(3)14-6-7-17-9-12(14)18(4,15)16/h10-13H,5-9H2,1-4H3. The van der Waals surface area contributed by atoms with Crippen LogP contribution in [0.4, 0.5) is 0 Å². The minimum absolute atomic E-state index is 0.264. The summed E-state index contributed by atoms with van der Waals surface area (Å²) in [6.45, 7) is 8.15. The van der Waals surface area contributed by atoms with Crippen molar-refractivity contribution >= 4 is 21.6 Å². The van der Waals surface area contributed by atoms with Crippen molar-refractivity contribution in [1.29, 1.82) is 0 Å². The van der Waals surface area contributed by atoms with Crippen LogP contribution in [-0.4, -0.2) is 61.6 Å². The van der Waals surface area contributed by atoms with Gasteiger partial charge in [0.15, 0.2) is 9.84 Å². The second kappa shape index (κ2) is 7.12. The van der Waals surface area contributed by atoms with E-state index < -0.39 is 9.84 Å². The molecule has 0 amide bonds. The Balaban J connectivity index is 2.60. The molecular weight excluding hydrogens is 268 g/mol. The molecule has 1 N–H and O–H groups in total. The van der Waals surface area contributed by atoms with E-state index in [9.17, 15) is 8.42 Å². The van der Waals surface area contributed by atoms with Gasteiger partial charge in [-0.05, 0) is 20.3 Å². The van der Waals surface area contributed by atoms with Crippen LogP contribution < -0.4 is 5.32 Å². The Hall–Kier alpha value is 0.220. The zero-order valence-corrected chi connectivity index (χ0v) is 13.5. The Bertz CT molecular complexity index is 346. The molecule has 1 saturated heterocycles. The van der Waals surface area contributed by atoms with E-state index in [4.69, 9.17) is 0 Å². The number of nitrogens with one attached hydrogen (secondary N) is 1. The van der Waals surface area contributed by atoms with E-state index in [1.54, 1.807) is 11.8 Å². The fourth-order valence-corrected chi connectivity index (χ4v) is 5.08. The summed E-state index contributed by atoms with van der Waals surface area (Å²) in [5.74, 6) is 1.73. The van der Waals surface area contributed by atoms with Gasteiger partial charge in [0.05, 0.1) is 0 Å². The van der Waals surface area contributed by atoms with Crippen molar-refractivity contribution < 1.29 is 8.42 Å². The summed E-state index contributed by atoms with van der Waals surface area (Å²) in [5, 5.41) is 3.14. The maximum absolute atomic E-state index is 11.8. The Morgan fingerprint density at radius 2 is 2.11 bits per heavy atom.